The molecule has 0 unspecified atom stereocenters. The lowest BCUT2D eigenvalue weighted by molar-refractivity contribution is 0.186. The summed E-state index contributed by atoms with van der Waals surface area (Å²) in [7, 11) is 1.53. The zero-order chi connectivity index (χ0) is 12.4. The third kappa shape index (κ3) is 5.38. The van der Waals surface area contributed by atoms with Crippen LogP contribution in [0.3, 0.4) is 0 Å². The average molecular weight is 226 g/mol. The van der Waals surface area contributed by atoms with Crippen molar-refractivity contribution in [3.05, 3.63) is 36.4 Å². The van der Waals surface area contributed by atoms with Crippen molar-refractivity contribution < 1.29 is 20.1 Å². The summed E-state index contributed by atoms with van der Waals surface area (Å²) in [5.74, 6) is 0.680. The van der Waals surface area contributed by atoms with Gasteiger partial charge in [-0.3, -0.25) is 0 Å². The Labute approximate surface area is 95.4 Å². The van der Waals surface area contributed by atoms with Gasteiger partial charge >= 0.3 is 0 Å². The number of hydrogen-bond acceptors (Lipinski definition) is 4. The Hall–Kier alpha value is -1.52. The van der Waals surface area contributed by atoms with Crippen LogP contribution >= 0.6 is 0 Å². The molecule has 1 aromatic rings. The number of methoxy groups -OCH3 is 1. The van der Waals surface area contributed by atoms with E-state index in [4.69, 9.17) is 14.9 Å². The predicted molar refractivity (Wildman–Crippen MR) is 62.7 cm³/mol. The van der Waals surface area contributed by atoms with E-state index in [9.17, 15) is 5.11 Å². The van der Waals surface area contributed by atoms with E-state index in [1.54, 1.807) is 12.1 Å². The number of benzene rings is 1. The van der Waals surface area contributed by atoms with Gasteiger partial charge in [0.1, 0.15) is 0 Å². The fourth-order valence-electron chi connectivity index (χ4n) is 1.02. The molecule has 1 aromatic carbocycles. The monoisotopic (exact) mass is 226 g/mol. The molecule has 0 spiro atoms. The van der Waals surface area contributed by atoms with E-state index in [0.29, 0.717) is 5.75 Å². The van der Waals surface area contributed by atoms with Crippen LogP contribution in [0, 0.1) is 0 Å². The number of phenolic OH excluding ortho intramolecular Hbond substituents is 1. The maximum Gasteiger partial charge on any atom is 0.160 e. The van der Waals surface area contributed by atoms with E-state index in [1.165, 1.54) is 7.11 Å². The lowest BCUT2D eigenvalue weighted by Gasteiger charge is -2.04. The number of aromatic hydroxyl groups is 1. The van der Waals surface area contributed by atoms with Gasteiger partial charge in [0, 0.05) is 0 Å². The van der Waals surface area contributed by atoms with E-state index in [1.807, 2.05) is 12.1 Å². The normalized spacial score (nSPS) is 8.94. The molecule has 0 saturated heterocycles. The molecule has 0 aliphatic heterocycles. The van der Waals surface area contributed by atoms with Gasteiger partial charge in [0.2, 0.25) is 0 Å². The Balaban J connectivity index is 0.000000487. The topological polar surface area (TPSA) is 69.9 Å². The summed E-state index contributed by atoms with van der Waals surface area (Å²) in [6.45, 7) is 3.38. The van der Waals surface area contributed by atoms with Crippen molar-refractivity contribution in [2.75, 3.05) is 20.3 Å². The molecule has 4 nitrogen and oxygen atoms in total. The summed E-state index contributed by atoms with van der Waals surface area (Å²) < 4.78 is 4.95. The van der Waals surface area contributed by atoms with Crippen LogP contribution in [0.2, 0.25) is 0 Å². The molecule has 0 heterocycles. The summed E-state index contributed by atoms with van der Waals surface area (Å²) in [6, 6.07) is 5.27. The molecule has 3 N–H and O–H groups in total. The number of aliphatic hydroxyl groups excluding tert-OH is 2. The van der Waals surface area contributed by atoms with Gasteiger partial charge in [-0.15, -0.1) is 6.58 Å². The van der Waals surface area contributed by atoms with Crippen molar-refractivity contribution in [1.82, 2.24) is 0 Å². The number of hydrogen-bond donors (Lipinski definition) is 3. The second-order valence-electron chi connectivity index (χ2n) is 2.95. The van der Waals surface area contributed by atoms with Gasteiger partial charge < -0.3 is 20.1 Å². The summed E-state index contributed by atoms with van der Waals surface area (Å²) in [6.07, 6.45) is 2.60. The minimum atomic E-state index is -0.125. The van der Waals surface area contributed by atoms with Gasteiger partial charge in [-0.2, -0.15) is 0 Å². The maximum absolute atomic E-state index is 9.25. The van der Waals surface area contributed by atoms with Crippen molar-refractivity contribution in [2.45, 2.75) is 6.42 Å². The standard InChI is InChI=1S/C10H12O2.C2H6O2/c1-3-4-8-5-6-9(11)10(7-8)12-2;3-1-2-4/h3,5-7,11H,1,4H2,2H3;3-4H,1-2H2. The summed E-state index contributed by atoms with van der Waals surface area (Å²) in [4.78, 5) is 0. The molecule has 4 heteroatoms. The van der Waals surface area contributed by atoms with Gasteiger partial charge in [-0.1, -0.05) is 12.1 Å². The van der Waals surface area contributed by atoms with Crippen molar-refractivity contribution >= 4 is 0 Å². The fourth-order valence-corrected chi connectivity index (χ4v) is 1.02. The van der Waals surface area contributed by atoms with Crippen LogP contribution in [-0.2, 0) is 6.42 Å². The lowest BCUT2D eigenvalue weighted by atomic mass is 10.1. The largest absolute Gasteiger partial charge is 0.504 e. The minimum Gasteiger partial charge on any atom is -0.504 e. The Morgan fingerprint density at radius 3 is 2.38 bits per heavy atom. The molecular formula is C12H18O4. The Bertz CT molecular complexity index is 308. The first-order valence-electron chi connectivity index (χ1n) is 4.88. The highest BCUT2D eigenvalue weighted by atomic mass is 16.5. The number of aliphatic hydroxyl groups is 2. The molecule has 0 bridgehead atoms. The molecule has 0 aromatic heterocycles. The summed E-state index contributed by atoms with van der Waals surface area (Å²) in [5.41, 5.74) is 1.08. The molecule has 0 fully saturated rings. The zero-order valence-electron chi connectivity index (χ0n) is 9.39. The molecule has 0 atom stereocenters. The molecular weight excluding hydrogens is 208 g/mol. The highest BCUT2D eigenvalue weighted by Crippen LogP contribution is 2.26. The number of rotatable bonds is 4. The van der Waals surface area contributed by atoms with Gasteiger partial charge in [-0.05, 0) is 24.1 Å². The molecule has 0 aliphatic rings. The van der Waals surface area contributed by atoms with Crippen LogP contribution in [0.4, 0.5) is 0 Å². The number of allylic oxidation sites excluding steroid dienone is 1. The first-order valence-corrected chi connectivity index (χ1v) is 4.88. The highest BCUT2D eigenvalue weighted by Gasteiger charge is 2.00. The SMILES string of the molecule is C=CCc1ccc(O)c(OC)c1.OCCO. The molecule has 0 aliphatic carbocycles. The maximum atomic E-state index is 9.25. The lowest BCUT2D eigenvalue weighted by Crippen LogP contribution is -1.86. The van der Waals surface area contributed by atoms with Crippen LogP contribution in [0.5, 0.6) is 11.5 Å². The molecule has 1 rings (SSSR count). The van der Waals surface area contributed by atoms with E-state index < -0.39 is 0 Å². The van der Waals surface area contributed by atoms with Gasteiger partial charge in [0.25, 0.3) is 0 Å². The van der Waals surface area contributed by atoms with Crippen LogP contribution in [0.15, 0.2) is 30.9 Å². The van der Waals surface area contributed by atoms with Crippen LogP contribution in [0.25, 0.3) is 0 Å². The van der Waals surface area contributed by atoms with Crippen molar-refractivity contribution in [2.24, 2.45) is 0 Å². The van der Waals surface area contributed by atoms with Gasteiger partial charge in [0.15, 0.2) is 11.5 Å². The zero-order valence-corrected chi connectivity index (χ0v) is 9.39. The number of phenols is 1. The third-order valence-electron chi connectivity index (χ3n) is 1.72. The Kier molecular flexibility index (Phi) is 7.93. The summed E-state index contributed by atoms with van der Waals surface area (Å²) in [5, 5.41) is 24.5. The smallest absolute Gasteiger partial charge is 0.160 e. The second kappa shape index (κ2) is 8.76. The van der Waals surface area contributed by atoms with Crippen molar-refractivity contribution in [3.63, 3.8) is 0 Å². The van der Waals surface area contributed by atoms with Crippen LogP contribution < -0.4 is 4.74 Å². The first kappa shape index (κ1) is 14.5. The molecule has 90 valence electrons. The second-order valence-corrected chi connectivity index (χ2v) is 2.95. The summed E-state index contributed by atoms with van der Waals surface area (Å²) >= 11 is 0. The first-order chi connectivity index (χ1) is 7.69. The van der Waals surface area contributed by atoms with E-state index in [0.717, 1.165) is 12.0 Å². The Morgan fingerprint density at radius 2 is 1.94 bits per heavy atom. The van der Waals surface area contributed by atoms with E-state index >= 15 is 0 Å². The minimum absolute atomic E-state index is 0.125. The van der Waals surface area contributed by atoms with E-state index in [2.05, 4.69) is 6.58 Å². The Morgan fingerprint density at radius 1 is 1.31 bits per heavy atom. The van der Waals surface area contributed by atoms with Gasteiger partial charge in [-0.25, -0.2) is 0 Å². The van der Waals surface area contributed by atoms with Crippen molar-refractivity contribution in [1.29, 1.82) is 0 Å². The quantitative estimate of drug-likeness (QED) is 0.672. The van der Waals surface area contributed by atoms with Gasteiger partial charge in [0.05, 0.1) is 20.3 Å². The van der Waals surface area contributed by atoms with E-state index in [-0.39, 0.29) is 19.0 Å². The fraction of sp³-hybridized carbons (Fsp3) is 0.333. The third-order valence-corrected chi connectivity index (χ3v) is 1.72. The predicted octanol–water partition coefficient (Wildman–Crippen LogP) is 1.10. The highest BCUT2D eigenvalue weighted by molar-refractivity contribution is 5.42. The molecule has 0 saturated carbocycles. The molecule has 0 radical (unpaired) electrons. The van der Waals surface area contributed by atoms with Crippen molar-refractivity contribution in [3.8, 4) is 11.5 Å². The van der Waals surface area contributed by atoms with Crippen LogP contribution in [-0.4, -0.2) is 35.6 Å². The number of ether oxygens (including phenoxy) is 1. The molecule has 16 heavy (non-hydrogen) atoms. The van der Waals surface area contributed by atoms with Crippen LogP contribution in [0.1, 0.15) is 5.56 Å². The average Bonchev–Trinajstić information content (AvgIpc) is 2.32. The molecule has 0 amide bonds.